The molecule has 0 atom stereocenters. The molecule has 1 aliphatic rings. The van der Waals surface area contributed by atoms with E-state index in [-0.39, 0.29) is 0 Å². The quantitative estimate of drug-likeness (QED) is 0.490. The number of nitrogens with two attached hydrogens (primary N) is 1. The predicted octanol–water partition coefficient (Wildman–Crippen LogP) is 0.924. The van der Waals surface area contributed by atoms with Crippen LogP contribution in [0.2, 0.25) is 0 Å². The first-order valence-electron chi connectivity index (χ1n) is 5.34. The second kappa shape index (κ2) is 6.68. The highest BCUT2D eigenvalue weighted by molar-refractivity contribution is 5.91. The van der Waals surface area contributed by atoms with Gasteiger partial charge in [-0.1, -0.05) is 13.3 Å². The first-order chi connectivity index (χ1) is 6.86. The highest BCUT2D eigenvalue weighted by atomic mass is 15.0. The van der Waals surface area contributed by atoms with Gasteiger partial charge in [-0.2, -0.15) is 0 Å². The van der Waals surface area contributed by atoms with Crippen molar-refractivity contribution in [3.05, 3.63) is 0 Å². The third kappa shape index (κ3) is 3.98. The van der Waals surface area contributed by atoms with Crippen LogP contribution in [0.25, 0.3) is 0 Å². The molecule has 1 fully saturated rings. The summed E-state index contributed by atoms with van der Waals surface area (Å²) in [5.74, 6) is 0. The van der Waals surface area contributed by atoms with Crippen LogP contribution >= 0.6 is 0 Å². The maximum absolute atomic E-state index is 5.47. The molecule has 0 saturated heterocycles. The molecule has 1 aliphatic carbocycles. The molecule has 0 amide bonds. The summed E-state index contributed by atoms with van der Waals surface area (Å²) in [4.78, 5) is 8.31. The summed E-state index contributed by atoms with van der Waals surface area (Å²) >= 11 is 0. The van der Waals surface area contributed by atoms with E-state index in [0.717, 1.165) is 12.1 Å². The van der Waals surface area contributed by atoms with Crippen LogP contribution in [0, 0.1) is 0 Å². The Morgan fingerprint density at radius 1 is 1.57 bits per heavy atom. The number of hydrogen-bond acceptors (Lipinski definition) is 3. The molecule has 1 saturated carbocycles. The Kier molecular flexibility index (Phi) is 5.40. The standard InChI is InChI=1S/C10H20N4/c1-2-9(6-11)13-7-12-8-14-10-4-3-5-10/h7,10,14H,2-6,8,11H2,1H3/b12-7-,13-9-. The SMILES string of the molecule is CC/C(CN)=N/C=N\CNC1CCC1. The Hall–Kier alpha value is -0.740. The van der Waals surface area contributed by atoms with Crippen LogP contribution < -0.4 is 11.1 Å². The minimum atomic E-state index is 0.526. The molecule has 4 heteroatoms. The van der Waals surface area contributed by atoms with E-state index in [2.05, 4.69) is 15.3 Å². The molecule has 0 unspecified atom stereocenters. The van der Waals surface area contributed by atoms with Crippen LogP contribution in [-0.4, -0.2) is 31.3 Å². The van der Waals surface area contributed by atoms with Crippen molar-refractivity contribution in [1.29, 1.82) is 0 Å². The van der Waals surface area contributed by atoms with Gasteiger partial charge < -0.3 is 5.73 Å². The second-order valence-electron chi connectivity index (χ2n) is 3.54. The Morgan fingerprint density at radius 3 is 2.86 bits per heavy atom. The van der Waals surface area contributed by atoms with E-state index >= 15 is 0 Å². The summed E-state index contributed by atoms with van der Waals surface area (Å²) in [6.07, 6.45) is 6.45. The van der Waals surface area contributed by atoms with E-state index in [1.807, 2.05) is 6.92 Å². The van der Waals surface area contributed by atoms with Gasteiger partial charge in [-0.3, -0.25) is 10.3 Å². The van der Waals surface area contributed by atoms with Gasteiger partial charge in [0.15, 0.2) is 0 Å². The Bertz CT molecular complexity index is 200. The topological polar surface area (TPSA) is 62.8 Å². The van der Waals surface area contributed by atoms with Gasteiger partial charge in [0.25, 0.3) is 0 Å². The highest BCUT2D eigenvalue weighted by Crippen LogP contribution is 2.17. The van der Waals surface area contributed by atoms with E-state index in [4.69, 9.17) is 5.73 Å². The monoisotopic (exact) mass is 196 g/mol. The molecule has 0 aromatic rings. The van der Waals surface area contributed by atoms with Gasteiger partial charge in [0.1, 0.15) is 6.34 Å². The van der Waals surface area contributed by atoms with Gasteiger partial charge in [-0.05, 0) is 19.3 Å². The molecule has 0 aromatic carbocycles. The molecule has 3 N–H and O–H groups in total. The fourth-order valence-electron chi connectivity index (χ4n) is 1.25. The van der Waals surface area contributed by atoms with E-state index in [0.29, 0.717) is 19.3 Å². The van der Waals surface area contributed by atoms with E-state index in [1.165, 1.54) is 19.3 Å². The van der Waals surface area contributed by atoms with E-state index < -0.39 is 0 Å². The molecule has 0 radical (unpaired) electrons. The molecule has 0 heterocycles. The average Bonchev–Trinajstić information content (AvgIpc) is 2.14. The summed E-state index contributed by atoms with van der Waals surface area (Å²) in [5, 5.41) is 3.33. The van der Waals surface area contributed by atoms with Crippen LogP contribution in [-0.2, 0) is 0 Å². The lowest BCUT2D eigenvalue weighted by Gasteiger charge is -2.25. The number of hydrogen-bond donors (Lipinski definition) is 2. The predicted molar refractivity (Wildman–Crippen MR) is 60.9 cm³/mol. The molecule has 80 valence electrons. The van der Waals surface area contributed by atoms with Crippen molar-refractivity contribution in [2.24, 2.45) is 15.7 Å². The molecule has 4 nitrogen and oxygen atoms in total. The molecule has 14 heavy (non-hydrogen) atoms. The molecule has 0 spiro atoms. The fourth-order valence-corrected chi connectivity index (χ4v) is 1.25. The molecule has 0 bridgehead atoms. The Morgan fingerprint density at radius 2 is 2.36 bits per heavy atom. The lowest BCUT2D eigenvalue weighted by molar-refractivity contribution is 0.344. The van der Waals surface area contributed by atoms with Gasteiger partial charge in [0.05, 0.1) is 6.67 Å². The summed E-state index contributed by atoms with van der Waals surface area (Å²) in [7, 11) is 0. The third-order valence-corrected chi connectivity index (χ3v) is 2.54. The Labute approximate surface area is 85.7 Å². The minimum absolute atomic E-state index is 0.526. The van der Waals surface area contributed by atoms with Gasteiger partial charge in [0, 0.05) is 18.3 Å². The van der Waals surface area contributed by atoms with Crippen molar-refractivity contribution in [3.63, 3.8) is 0 Å². The maximum Gasteiger partial charge on any atom is 0.111 e. The zero-order chi connectivity index (χ0) is 10.2. The number of nitrogens with zero attached hydrogens (tertiary/aromatic N) is 2. The first-order valence-corrected chi connectivity index (χ1v) is 5.34. The molecule has 1 rings (SSSR count). The maximum atomic E-state index is 5.47. The van der Waals surface area contributed by atoms with Crippen molar-refractivity contribution >= 4 is 12.1 Å². The largest absolute Gasteiger partial charge is 0.325 e. The van der Waals surface area contributed by atoms with Gasteiger partial charge >= 0.3 is 0 Å². The minimum Gasteiger partial charge on any atom is -0.325 e. The normalized spacial score (nSPS) is 18.9. The second-order valence-corrected chi connectivity index (χ2v) is 3.54. The lowest BCUT2D eigenvalue weighted by atomic mass is 9.93. The third-order valence-electron chi connectivity index (χ3n) is 2.54. The summed E-state index contributed by atoms with van der Waals surface area (Å²) in [6.45, 7) is 3.25. The van der Waals surface area contributed by atoms with Crippen LogP contribution in [0.5, 0.6) is 0 Å². The molecule has 0 aliphatic heterocycles. The van der Waals surface area contributed by atoms with Gasteiger partial charge in [-0.15, -0.1) is 0 Å². The lowest BCUT2D eigenvalue weighted by Crippen LogP contribution is -2.35. The van der Waals surface area contributed by atoms with Crippen LogP contribution in [0.4, 0.5) is 0 Å². The number of nitrogens with one attached hydrogen (secondary N) is 1. The molecular weight excluding hydrogens is 176 g/mol. The van der Waals surface area contributed by atoms with Crippen molar-refractivity contribution in [2.45, 2.75) is 38.6 Å². The fraction of sp³-hybridized carbons (Fsp3) is 0.800. The highest BCUT2D eigenvalue weighted by Gasteiger charge is 2.15. The first kappa shape index (κ1) is 11.3. The molecular formula is C10H20N4. The zero-order valence-electron chi connectivity index (χ0n) is 8.87. The van der Waals surface area contributed by atoms with Gasteiger partial charge in [-0.25, -0.2) is 4.99 Å². The summed E-state index contributed by atoms with van der Waals surface area (Å²) < 4.78 is 0. The number of rotatable bonds is 6. The summed E-state index contributed by atoms with van der Waals surface area (Å²) in [6, 6.07) is 0.691. The van der Waals surface area contributed by atoms with Crippen LogP contribution in [0.15, 0.2) is 9.98 Å². The van der Waals surface area contributed by atoms with E-state index in [9.17, 15) is 0 Å². The van der Waals surface area contributed by atoms with Gasteiger partial charge in [0.2, 0.25) is 0 Å². The smallest absolute Gasteiger partial charge is 0.111 e. The van der Waals surface area contributed by atoms with Crippen LogP contribution in [0.3, 0.4) is 0 Å². The van der Waals surface area contributed by atoms with Crippen molar-refractivity contribution in [2.75, 3.05) is 13.2 Å². The molecule has 0 aromatic heterocycles. The average molecular weight is 196 g/mol. The van der Waals surface area contributed by atoms with Crippen molar-refractivity contribution in [1.82, 2.24) is 5.32 Å². The van der Waals surface area contributed by atoms with Crippen LogP contribution in [0.1, 0.15) is 32.6 Å². The zero-order valence-corrected chi connectivity index (χ0v) is 8.87. The van der Waals surface area contributed by atoms with E-state index in [1.54, 1.807) is 6.34 Å². The number of aliphatic imine (C=N–C) groups is 2. The summed E-state index contributed by atoms with van der Waals surface area (Å²) in [5.41, 5.74) is 6.47. The Balaban J connectivity index is 2.09. The van der Waals surface area contributed by atoms with Crippen molar-refractivity contribution in [3.8, 4) is 0 Å². The van der Waals surface area contributed by atoms with Crippen molar-refractivity contribution < 1.29 is 0 Å².